The van der Waals surface area contributed by atoms with E-state index in [4.69, 9.17) is 10.3 Å². The van der Waals surface area contributed by atoms with Crippen molar-refractivity contribution in [1.29, 1.82) is 0 Å². The maximum atomic E-state index is 12.3. The molecule has 2 bridgehead atoms. The standard InChI is InChI=1S/C14H17N5O6S/c15-13(17-12(20)7-9-3-5-16-6-4-9)11-2-1-10-8-18(11)14(21)19(10)25-26(22,23)24/h3-6,10-11H,1-2,7-8H2,(H2,15,17,20)(H,22,23,24). The van der Waals surface area contributed by atoms with Crippen LogP contribution in [0.15, 0.2) is 29.5 Å². The number of amidine groups is 1. The van der Waals surface area contributed by atoms with E-state index in [0.717, 1.165) is 5.56 Å². The van der Waals surface area contributed by atoms with Crippen molar-refractivity contribution in [2.75, 3.05) is 6.54 Å². The molecule has 2 fully saturated rings. The number of rotatable bonds is 5. The third-order valence-electron chi connectivity index (χ3n) is 4.20. The third kappa shape index (κ3) is 3.98. The Balaban J connectivity index is 1.70. The van der Waals surface area contributed by atoms with Crippen molar-refractivity contribution in [1.82, 2.24) is 14.9 Å². The zero-order valence-corrected chi connectivity index (χ0v) is 14.4. The highest BCUT2D eigenvalue weighted by Gasteiger charge is 2.48. The molecule has 140 valence electrons. The first-order valence-electron chi connectivity index (χ1n) is 7.77. The zero-order chi connectivity index (χ0) is 18.9. The van der Waals surface area contributed by atoms with Crippen LogP contribution < -0.4 is 5.73 Å². The van der Waals surface area contributed by atoms with E-state index in [1.54, 1.807) is 24.5 Å². The lowest BCUT2D eigenvalue weighted by Crippen LogP contribution is -2.48. The molecule has 2 saturated heterocycles. The van der Waals surface area contributed by atoms with Crippen molar-refractivity contribution in [3.63, 3.8) is 0 Å². The van der Waals surface area contributed by atoms with Gasteiger partial charge in [-0.25, -0.2) is 4.79 Å². The molecule has 0 saturated carbocycles. The van der Waals surface area contributed by atoms with Crippen LogP contribution in [0.3, 0.4) is 0 Å². The molecule has 1 aromatic heterocycles. The molecule has 0 spiro atoms. The van der Waals surface area contributed by atoms with Crippen molar-refractivity contribution in [2.45, 2.75) is 31.3 Å². The second-order valence-corrected chi connectivity index (χ2v) is 6.98. The number of aromatic nitrogens is 1. The summed E-state index contributed by atoms with van der Waals surface area (Å²) in [6, 6.07) is 1.44. The predicted molar refractivity (Wildman–Crippen MR) is 88.0 cm³/mol. The Labute approximate surface area is 149 Å². The number of amides is 3. The van der Waals surface area contributed by atoms with E-state index in [-0.39, 0.29) is 18.8 Å². The van der Waals surface area contributed by atoms with Gasteiger partial charge in [0.05, 0.1) is 18.5 Å². The Kier molecular flexibility index (Phi) is 4.89. The number of pyridine rings is 1. The first-order valence-corrected chi connectivity index (χ1v) is 9.14. The molecule has 2 aliphatic heterocycles. The Morgan fingerprint density at radius 2 is 2.08 bits per heavy atom. The van der Waals surface area contributed by atoms with Gasteiger partial charge >= 0.3 is 16.4 Å². The summed E-state index contributed by atoms with van der Waals surface area (Å²) in [5.74, 6) is -0.488. The molecule has 2 atom stereocenters. The van der Waals surface area contributed by atoms with Crippen LogP contribution in [0.5, 0.6) is 0 Å². The topological polar surface area (TPSA) is 155 Å². The normalized spacial score (nSPS) is 23.4. The molecule has 11 nitrogen and oxygen atoms in total. The van der Waals surface area contributed by atoms with E-state index < -0.39 is 34.4 Å². The summed E-state index contributed by atoms with van der Waals surface area (Å²) in [7, 11) is -4.81. The highest BCUT2D eigenvalue weighted by molar-refractivity contribution is 7.80. The number of carbonyl (C=O) groups excluding carboxylic acids is 2. The van der Waals surface area contributed by atoms with Crippen LogP contribution in [-0.2, 0) is 25.9 Å². The second-order valence-electron chi connectivity index (χ2n) is 5.97. The van der Waals surface area contributed by atoms with Gasteiger partial charge in [0.1, 0.15) is 5.84 Å². The Morgan fingerprint density at radius 3 is 2.73 bits per heavy atom. The molecular formula is C14H17N5O6S. The molecule has 12 heteroatoms. The van der Waals surface area contributed by atoms with E-state index >= 15 is 0 Å². The van der Waals surface area contributed by atoms with Crippen molar-refractivity contribution in [3.8, 4) is 0 Å². The van der Waals surface area contributed by atoms with Gasteiger partial charge in [-0.2, -0.15) is 18.5 Å². The smallest absolute Gasteiger partial charge is 0.385 e. The number of urea groups is 1. The summed E-state index contributed by atoms with van der Waals surface area (Å²) in [4.78, 5) is 33.4. The van der Waals surface area contributed by atoms with E-state index in [1.165, 1.54) is 4.90 Å². The number of hydrogen-bond donors (Lipinski definition) is 2. The van der Waals surface area contributed by atoms with E-state index in [1.807, 2.05) is 0 Å². The van der Waals surface area contributed by atoms with Crippen LogP contribution in [0, 0.1) is 0 Å². The number of nitrogens with two attached hydrogens (primary N) is 1. The largest absolute Gasteiger partial charge is 0.418 e. The zero-order valence-electron chi connectivity index (χ0n) is 13.6. The average Bonchev–Trinajstić information content (AvgIpc) is 2.79. The van der Waals surface area contributed by atoms with Crippen LogP contribution in [-0.4, -0.2) is 64.3 Å². The number of hydroxylamine groups is 2. The second kappa shape index (κ2) is 6.97. The minimum absolute atomic E-state index is 0.0236. The predicted octanol–water partition coefficient (Wildman–Crippen LogP) is -0.489. The van der Waals surface area contributed by atoms with Crippen molar-refractivity contribution in [3.05, 3.63) is 30.1 Å². The molecule has 3 N–H and O–H groups in total. The van der Waals surface area contributed by atoms with Gasteiger partial charge in [0.2, 0.25) is 0 Å². The van der Waals surface area contributed by atoms with Crippen molar-refractivity contribution >= 4 is 28.2 Å². The average molecular weight is 383 g/mol. The van der Waals surface area contributed by atoms with E-state index in [9.17, 15) is 18.0 Å². The minimum Gasteiger partial charge on any atom is -0.385 e. The number of piperidine rings is 1. The van der Waals surface area contributed by atoms with Gasteiger partial charge < -0.3 is 10.6 Å². The molecule has 0 aliphatic carbocycles. The molecule has 2 unspecified atom stereocenters. The Hall–Kier alpha value is -2.57. The molecule has 0 radical (unpaired) electrons. The summed E-state index contributed by atoms with van der Waals surface area (Å²) in [6.07, 6.45) is 3.94. The van der Waals surface area contributed by atoms with Crippen LogP contribution >= 0.6 is 0 Å². The highest BCUT2D eigenvalue weighted by atomic mass is 32.3. The van der Waals surface area contributed by atoms with E-state index in [0.29, 0.717) is 17.9 Å². The third-order valence-corrected chi connectivity index (χ3v) is 4.55. The monoisotopic (exact) mass is 383 g/mol. The van der Waals surface area contributed by atoms with Gasteiger partial charge in [0.15, 0.2) is 0 Å². The highest BCUT2D eigenvalue weighted by Crippen LogP contribution is 2.30. The molecule has 26 heavy (non-hydrogen) atoms. The maximum absolute atomic E-state index is 12.3. The Morgan fingerprint density at radius 1 is 1.38 bits per heavy atom. The first kappa shape index (κ1) is 18.2. The SMILES string of the molecule is NC(=NC(=O)Cc1ccncc1)C1CCC2CN1C(=O)N2OS(=O)(=O)O. The van der Waals surface area contributed by atoms with Crippen LogP contribution in [0.25, 0.3) is 0 Å². The molecular weight excluding hydrogens is 366 g/mol. The lowest BCUT2D eigenvalue weighted by Gasteiger charge is -2.29. The number of hydrogen-bond acceptors (Lipinski definition) is 6. The summed E-state index contributed by atoms with van der Waals surface area (Å²) in [5, 5.41) is 0.613. The number of fused-ring (bicyclic) bond motifs is 2. The van der Waals surface area contributed by atoms with Gasteiger partial charge in [-0.05, 0) is 30.5 Å². The quantitative estimate of drug-likeness (QED) is 0.392. The fourth-order valence-electron chi connectivity index (χ4n) is 3.07. The lowest BCUT2D eigenvalue weighted by atomic mass is 10.00. The maximum Gasteiger partial charge on any atom is 0.418 e. The molecule has 3 heterocycles. The summed E-state index contributed by atoms with van der Waals surface area (Å²) >= 11 is 0. The number of carbonyl (C=O) groups is 2. The molecule has 0 aromatic carbocycles. The van der Waals surface area contributed by atoms with Crippen molar-refractivity contribution in [2.24, 2.45) is 10.7 Å². The van der Waals surface area contributed by atoms with E-state index in [2.05, 4.69) is 14.3 Å². The van der Waals surface area contributed by atoms with Gasteiger partial charge in [-0.3, -0.25) is 14.3 Å². The molecule has 2 aliphatic rings. The minimum atomic E-state index is -4.81. The lowest BCUT2D eigenvalue weighted by molar-refractivity contribution is -0.117. The molecule has 1 aromatic rings. The molecule has 3 amide bonds. The van der Waals surface area contributed by atoms with Crippen LogP contribution in [0.1, 0.15) is 18.4 Å². The molecule has 3 rings (SSSR count). The van der Waals surface area contributed by atoms with Crippen LogP contribution in [0.4, 0.5) is 4.79 Å². The fourth-order valence-corrected chi connectivity index (χ4v) is 3.46. The van der Waals surface area contributed by atoms with Crippen molar-refractivity contribution < 1.29 is 26.8 Å². The fraction of sp³-hybridized carbons (Fsp3) is 0.429. The van der Waals surface area contributed by atoms with Gasteiger partial charge in [0, 0.05) is 18.9 Å². The van der Waals surface area contributed by atoms with Gasteiger partial charge in [-0.1, -0.05) is 0 Å². The van der Waals surface area contributed by atoms with Gasteiger partial charge in [0.25, 0.3) is 5.91 Å². The Bertz CT molecular complexity index is 843. The summed E-state index contributed by atoms with van der Waals surface area (Å²) in [6.45, 7) is 0.161. The van der Waals surface area contributed by atoms with Crippen LogP contribution in [0.2, 0.25) is 0 Å². The van der Waals surface area contributed by atoms with Gasteiger partial charge in [-0.15, -0.1) is 4.28 Å². The summed E-state index contributed by atoms with van der Waals surface area (Å²) < 4.78 is 34.9. The number of nitrogens with zero attached hydrogens (tertiary/aromatic N) is 4. The number of aliphatic imine (C=N–C) groups is 1. The summed E-state index contributed by atoms with van der Waals surface area (Å²) in [5.41, 5.74) is 6.65. The first-order chi connectivity index (χ1) is 12.2.